The second-order valence-electron chi connectivity index (χ2n) is 14.3. The van der Waals surface area contributed by atoms with Crippen molar-refractivity contribution in [3.63, 3.8) is 0 Å². The third-order valence-corrected chi connectivity index (χ3v) is 12.3. The highest BCUT2D eigenvalue weighted by Gasteiger charge is 2.46. The summed E-state index contributed by atoms with van der Waals surface area (Å²) in [7, 11) is 0. The van der Waals surface area contributed by atoms with Crippen LogP contribution in [0.25, 0.3) is 32.2 Å². The molecule has 1 aromatic carbocycles. The van der Waals surface area contributed by atoms with Gasteiger partial charge in [-0.1, -0.05) is 0 Å². The number of hydrogen-bond donors (Lipinski definition) is 2. The van der Waals surface area contributed by atoms with E-state index in [9.17, 15) is 10.1 Å². The maximum atomic E-state index is 17.4. The molecule has 1 aliphatic carbocycles. The summed E-state index contributed by atoms with van der Waals surface area (Å²) in [6.07, 6.45) is 5.04. The molecule has 3 aromatic heterocycles. The van der Waals surface area contributed by atoms with E-state index >= 15 is 8.78 Å². The lowest BCUT2D eigenvalue weighted by Gasteiger charge is -2.37. The number of amides is 1. The number of anilines is 2. The van der Waals surface area contributed by atoms with Crippen LogP contribution in [0, 0.1) is 28.4 Å². The van der Waals surface area contributed by atoms with E-state index < -0.39 is 11.6 Å². The van der Waals surface area contributed by atoms with Crippen LogP contribution in [0.1, 0.15) is 49.3 Å². The number of nitrogens with one attached hydrogen (secondary N) is 1. The molecular formula is C35H37F2N9O3S. The van der Waals surface area contributed by atoms with Crippen molar-refractivity contribution < 1.29 is 23.0 Å². The SMILES string of the molecule is CC(=O)N1CCN(CC2(COc3nc(N4C5CCC4CNC5)c4c5c(c(-c6ncc(F)c7sc(N)c(C#N)c67)c(F)c4n3)COC5)CC2)CC1. The summed E-state index contributed by atoms with van der Waals surface area (Å²) in [6, 6.07) is 2.56. The number of nitrogen functional groups attached to an aromatic ring is 1. The van der Waals surface area contributed by atoms with Crippen LogP contribution in [0.4, 0.5) is 19.6 Å². The number of piperazine rings is 2. The van der Waals surface area contributed by atoms with Crippen LogP contribution in [-0.2, 0) is 22.7 Å². The molecule has 0 spiro atoms. The number of nitrogens with zero attached hydrogens (tertiary/aromatic N) is 7. The normalized spacial score (nSPS) is 22.7. The average molecular weight is 702 g/mol. The number of fused-ring (bicyclic) bond motifs is 6. The summed E-state index contributed by atoms with van der Waals surface area (Å²) in [5.41, 5.74) is 7.87. The largest absolute Gasteiger partial charge is 0.463 e. The monoisotopic (exact) mass is 701 g/mol. The Balaban J connectivity index is 1.15. The minimum Gasteiger partial charge on any atom is -0.463 e. The van der Waals surface area contributed by atoms with E-state index in [0.717, 1.165) is 94.6 Å². The van der Waals surface area contributed by atoms with Crippen LogP contribution >= 0.6 is 11.3 Å². The molecule has 3 N–H and O–H groups in total. The maximum Gasteiger partial charge on any atom is 0.319 e. The van der Waals surface area contributed by atoms with Crippen LogP contribution in [0.3, 0.4) is 0 Å². The first-order chi connectivity index (χ1) is 24.2. The van der Waals surface area contributed by atoms with Crippen molar-refractivity contribution in [2.75, 3.05) is 63.1 Å². The number of aromatic nitrogens is 3. The van der Waals surface area contributed by atoms with Gasteiger partial charge >= 0.3 is 6.01 Å². The van der Waals surface area contributed by atoms with Gasteiger partial charge in [0.2, 0.25) is 5.91 Å². The van der Waals surface area contributed by atoms with Gasteiger partial charge in [-0.25, -0.2) is 8.78 Å². The molecule has 1 amide bonds. The zero-order valence-corrected chi connectivity index (χ0v) is 28.5. The summed E-state index contributed by atoms with van der Waals surface area (Å²) in [6.45, 7) is 7.86. The van der Waals surface area contributed by atoms with Gasteiger partial charge in [0.25, 0.3) is 0 Å². The first kappa shape index (κ1) is 31.7. The van der Waals surface area contributed by atoms with E-state index in [1.165, 1.54) is 0 Å². The third-order valence-electron chi connectivity index (χ3n) is 11.3. The quantitative estimate of drug-likeness (QED) is 0.289. The van der Waals surface area contributed by atoms with Crippen molar-refractivity contribution in [2.24, 2.45) is 5.41 Å². The molecule has 2 bridgehead atoms. The van der Waals surface area contributed by atoms with Crippen LogP contribution in [0.5, 0.6) is 6.01 Å². The Morgan fingerprint density at radius 3 is 2.58 bits per heavy atom. The van der Waals surface area contributed by atoms with Gasteiger partial charge in [-0.05, 0) is 36.8 Å². The molecule has 9 rings (SSSR count). The van der Waals surface area contributed by atoms with Gasteiger partial charge in [0, 0.05) is 81.2 Å². The van der Waals surface area contributed by atoms with Gasteiger partial charge < -0.3 is 30.3 Å². The van der Waals surface area contributed by atoms with Crippen molar-refractivity contribution in [2.45, 2.75) is 57.9 Å². The van der Waals surface area contributed by atoms with E-state index in [-0.39, 0.29) is 80.1 Å². The molecule has 2 atom stereocenters. The Morgan fingerprint density at radius 2 is 1.88 bits per heavy atom. The van der Waals surface area contributed by atoms with Gasteiger partial charge in [-0.15, -0.1) is 11.3 Å². The number of carbonyl (C=O) groups is 1. The summed E-state index contributed by atoms with van der Waals surface area (Å²) in [4.78, 5) is 32.6. The van der Waals surface area contributed by atoms with Crippen molar-refractivity contribution in [3.8, 4) is 23.3 Å². The van der Waals surface area contributed by atoms with E-state index in [2.05, 4.69) is 26.2 Å². The number of rotatable bonds is 7. The number of nitriles is 1. The number of ether oxygens (including phenoxy) is 2. The molecule has 260 valence electrons. The van der Waals surface area contributed by atoms with Crippen molar-refractivity contribution in [3.05, 3.63) is 34.5 Å². The summed E-state index contributed by atoms with van der Waals surface area (Å²) in [5.74, 6) is -0.515. The molecule has 15 heteroatoms. The Labute approximate surface area is 291 Å². The minimum absolute atomic E-state index is 0.0589. The van der Waals surface area contributed by atoms with E-state index in [1.807, 2.05) is 4.90 Å². The fraction of sp³-hybridized carbons (Fsp3) is 0.514. The standard InChI is InChI=1S/C35H37F2N9O3S/c1-18(47)45-8-6-44(7-9-45)16-35(4-5-35)17-49-34-42-30-27(33(43-34)46-19-2-3-20(46)12-40-11-19)23-15-48-14-22(23)25(28(30)37)29-26-21(10-38)32(39)50-31(26)24(36)13-41-29/h13,19-20,40H,2-9,11-12,14-17,39H2,1H3. The molecule has 4 aromatic rings. The fourth-order valence-electron chi connectivity index (χ4n) is 8.44. The van der Waals surface area contributed by atoms with Crippen molar-refractivity contribution >= 4 is 49.1 Å². The second-order valence-corrected chi connectivity index (χ2v) is 15.4. The zero-order valence-electron chi connectivity index (χ0n) is 27.7. The van der Waals surface area contributed by atoms with Gasteiger partial charge in [0.05, 0.1) is 47.4 Å². The van der Waals surface area contributed by atoms with E-state index in [1.54, 1.807) is 6.92 Å². The number of carbonyl (C=O) groups excluding carboxylic acids is 1. The lowest BCUT2D eigenvalue weighted by atomic mass is 9.93. The molecule has 2 unspecified atom stereocenters. The topological polar surface area (TPSA) is 146 Å². The van der Waals surface area contributed by atoms with Crippen molar-refractivity contribution in [1.82, 2.24) is 30.1 Å². The van der Waals surface area contributed by atoms with Gasteiger partial charge in [-0.2, -0.15) is 15.2 Å². The van der Waals surface area contributed by atoms with Crippen molar-refractivity contribution in [1.29, 1.82) is 5.26 Å². The first-order valence-corrected chi connectivity index (χ1v) is 18.1. The number of hydrogen-bond acceptors (Lipinski definition) is 12. The van der Waals surface area contributed by atoms with Gasteiger partial charge in [0.1, 0.15) is 22.4 Å². The number of nitrogens with two attached hydrogens (primary N) is 1. The Morgan fingerprint density at radius 1 is 1.14 bits per heavy atom. The van der Waals surface area contributed by atoms with Crippen LogP contribution in [-0.4, -0.2) is 95.2 Å². The van der Waals surface area contributed by atoms with E-state index in [4.69, 9.17) is 25.2 Å². The average Bonchev–Trinajstić information content (AvgIpc) is 3.41. The Bertz CT molecular complexity index is 2090. The lowest BCUT2D eigenvalue weighted by Crippen LogP contribution is -2.52. The summed E-state index contributed by atoms with van der Waals surface area (Å²) < 4.78 is 45.0. The fourth-order valence-corrected chi connectivity index (χ4v) is 9.36. The molecular weight excluding hydrogens is 665 g/mol. The van der Waals surface area contributed by atoms with E-state index in [0.29, 0.717) is 23.4 Å². The highest BCUT2D eigenvalue weighted by atomic mass is 32.1. The summed E-state index contributed by atoms with van der Waals surface area (Å²) >= 11 is 0.949. The zero-order chi connectivity index (χ0) is 34.3. The second kappa shape index (κ2) is 11.9. The molecule has 7 heterocycles. The van der Waals surface area contributed by atoms with Crippen LogP contribution < -0.4 is 20.7 Å². The summed E-state index contributed by atoms with van der Waals surface area (Å²) in [5, 5.41) is 14.4. The molecule has 0 radical (unpaired) electrons. The smallest absolute Gasteiger partial charge is 0.319 e. The Hall–Kier alpha value is -4.23. The molecule has 50 heavy (non-hydrogen) atoms. The maximum absolute atomic E-state index is 17.4. The minimum atomic E-state index is -0.640. The molecule has 4 aliphatic heterocycles. The number of pyridine rings is 1. The highest BCUT2D eigenvalue weighted by molar-refractivity contribution is 7.23. The number of benzene rings is 1. The number of halogens is 2. The molecule has 5 aliphatic rings. The molecule has 3 saturated heterocycles. The predicted octanol–water partition coefficient (Wildman–Crippen LogP) is 3.93. The highest BCUT2D eigenvalue weighted by Crippen LogP contribution is 2.49. The van der Waals surface area contributed by atoms with Crippen LogP contribution in [0.2, 0.25) is 0 Å². The van der Waals surface area contributed by atoms with Crippen LogP contribution in [0.15, 0.2) is 6.20 Å². The Kier molecular flexibility index (Phi) is 7.57. The van der Waals surface area contributed by atoms with Gasteiger partial charge in [-0.3, -0.25) is 14.7 Å². The lowest BCUT2D eigenvalue weighted by molar-refractivity contribution is -0.130. The first-order valence-electron chi connectivity index (χ1n) is 17.2. The molecule has 1 saturated carbocycles. The molecule has 4 fully saturated rings. The predicted molar refractivity (Wildman–Crippen MR) is 184 cm³/mol. The van der Waals surface area contributed by atoms with Gasteiger partial charge in [0.15, 0.2) is 11.6 Å². The third kappa shape index (κ3) is 5.06. The number of thiophene rings is 1. The molecule has 12 nitrogen and oxygen atoms in total.